The van der Waals surface area contributed by atoms with Gasteiger partial charge in [0, 0.05) is 6.04 Å². The predicted molar refractivity (Wildman–Crippen MR) is 70.0 cm³/mol. The molecule has 100 valence electrons. The van der Waals surface area contributed by atoms with Gasteiger partial charge in [-0.25, -0.2) is 13.2 Å². The van der Waals surface area contributed by atoms with Crippen LogP contribution in [0.3, 0.4) is 0 Å². The highest BCUT2D eigenvalue weighted by Gasteiger charge is 2.15. The highest BCUT2D eigenvalue weighted by molar-refractivity contribution is 7.91. The van der Waals surface area contributed by atoms with Gasteiger partial charge in [0.05, 0.1) is 4.90 Å². The molecule has 1 rings (SSSR count). The molecule has 1 aromatic carbocycles. The van der Waals surface area contributed by atoms with Gasteiger partial charge in [-0.3, -0.25) is 0 Å². The van der Waals surface area contributed by atoms with Crippen molar-refractivity contribution in [2.75, 3.05) is 5.88 Å². The minimum absolute atomic E-state index is 0.0351. The van der Waals surface area contributed by atoms with E-state index in [-0.39, 0.29) is 10.9 Å². The second-order valence-corrected chi connectivity index (χ2v) is 6.37. The second-order valence-electron chi connectivity index (χ2n) is 4.38. The van der Waals surface area contributed by atoms with Gasteiger partial charge in [-0.05, 0) is 32.9 Å². The summed E-state index contributed by atoms with van der Waals surface area (Å²) in [5.41, 5.74) is 0.986. The molecule has 0 aromatic heterocycles. The smallest absolute Gasteiger partial charge is 0.315 e. The number of hydrogen-bond donors (Lipinski definition) is 2. The Hall–Kier alpha value is -1.56. The lowest BCUT2D eigenvalue weighted by atomic mass is 10.2. The molecule has 18 heavy (non-hydrogen) atoms. The Kier molecular flexibility index (Phi) is 4.72. The molecule has 0 bridgehead atoms. The fourth-order valence-electron chi connectivity index (χ4n) is 1.30. The van der Waals surface area contributed by atoms with E-state index >= 15 is 0 Å². The van der Waals surface area contributed by atoms with E-state index < -0.39 is 21.7 Å². The Bertz CT molecular complexity index is 507. The lowest BCUT2D eigenvalue weighted by Crippen LogP contribution is -2.41. The van der Waals surface area contributed by atoms with Crippen molar-refractivity contribution in [3.05, 3.63) is 29.8 Å². The molecule has 0 aliphatic carbocycles. The lowest BCUT2D eigenvalue weighted by molar-refractivity contribution is 0.240. The molecule has 0 atom stereocenters. The van der Waals surface area contributed by atoms with Gasteiger partial charge in [-0.2, -0.15) is 0 Å². The maximum Gasteiger partial charge on any atom is 0.315 e. The average molecular weight is 270 g/mol. The van der Waals surface area contributed by atoms with Gasteiger partial charge < -0.3 is 10.6 Å². The Morgan fingerprint density at radius 3 is 2.28 bits per heavy atom. The molecule has 0 aliphatic heterocycles. The zero-order chi connectivity index (χ0) is 13.8. The zero-order valence-electron chi connectivity index (χ0n) is 10.7. The maximum atomic E-state index is 11.9. The monoisotopic (exact) mass is 270 g/mol. The third-order valence-electron chi connectivity index (χ3n) is 2.22. The van der Waals surface area contributed by atoms with Crippen molar-refractivity contribution >= 4 is 15.9 Å². The van der Waals surface area contributed by atoms with Crippen molar-refractivity contribution in [1.29, 1.82) is 0 Å². The van der Waals surface area contributed by atoms with Gasteiger partial charge in [0.1, 0.15) is 5.88 Å². The van der Waals surface area contributed by atoms with Crippen molar-refractivity contribution < 1.29 is 13.2 Å². The van der Waals surface area contributed by atoms with Gasteiger partial charge in [0.15, 0.2) is 9.84 Å². The van der Waals surface area contributed by atoms with Crippen LogP contribution < -0.4 is 10.6 Å². The molecule has 2 N–H and O–H groups in total. The first-order chi connectivity index (χ1) is 8.31. The average Bonchev–Trinajstić information content (AvgIpc) is 2.26. The number of sulfone groups is 1. The van der Waals surface area contributed by atoms with E-state index in [2.05, 4.69) is 10.6 Å². The summed E-state index contributed by atoms with van der Waals surface area (Å²) in [4.78, 5) is 11.5. The number of hydrogen-bond acceptors (Lipinski definition) is 3. The molecule has 0 saturated carbocycles. The van der Waals surface area contributed by atoms with Crippen LogP contribution in [-0.4, -0.2) is 26.4 Å². The molecule has 0 unspecified atom stereocenters. The van der Waals surface area contributed by atoms with Crippen LogP contribution in [0.1, 0.15) is 19.4 Å². The summed E-state index contributed by atoms with van der Waals surface area (Å²) < 4.78 is 23.8. The van der Waals surface area contributed by atoms with Crippen LogP contribution in [-0.2, 0) is 9.84 Å². The van der Waals surface area contributed by atoms with Crippen LogP contribution in [0, 0.1) is 6.92 Å². The molecular formula is C12H18N2O3S. The standard InChI is InChI=1S/C12H18N2O3S/c1-9(2)14-12(15)13-8-18(16,17)11-6-4-10(3)5-7-11/h4-7,9H,8H2,1-3H3,(H2,13,14,15). The topological polar surface area (TPSA) is 75.3 Å². The largest absolute Gasteiger partial charge is 0.336 e. The van der Waals surface area contributed by atoms with E-state index in [1.54, 1.807) is 26.0 Å². The predicted octanol–water partition coefficient (Wildman–Crippen LogP) is 1.43. The molecule has 5 nitrogen and oxygen atoms in total. The van der Waals surface area contributed by atoms with Gasteiger partial charge >= 0.3 is 6.03 Å². The van der Waals surface area contributed by atoms with E-state index in [1.165, 1.54) is 12.1 Å². The van der Waals surface area contributed by atoms with Crippen molar-refractivity contribution in [1.82, 2.24) is 10.6 Å². The minimum Gasteiger partial charge on any atom is -0.336 e. The SMILES string of the molecule is Cc1ccc(S(=O)(=O)CNC(=O)NC(C)C)cc1. The number of amides is 2. The Morgan fingerprint density at radius 2 is 1.78 bits per heavy atom. The molecule has 2 amide bonds. The number of urea groups is 1. The Balaban J connectivity index is 2.66. The first-order valence-corrected chi connectivity index (χ1v) is 7.30. The molecule has 0 saturated heterocycles. The Labute approximate surface area is 108 Å². The molecule has 0 fully saturated rings. The van der Waals surface area contributed by atoms with Crippen LogP contribution in [0.5, 0.6) is 0 Å². The highest BCUT2D eigenvalue weighted by atomic mass is 32.2. The summed E-state index contributed by atoms with van der Waals surface area (Å²) in [6.07, 6.45) is 0. The number of aryl methyl sites for hydroxylation is 1. The molecule has 0 heterocycles. The van der Waals surface area contributed by atoms with E-state index in [0.29, 0.717) is 0 Å². The number of benzene rings is 1. The van der Waals surface area contributed by atoms with Gasteiger partial charge in [-0.15, -0.1) is 0 Å². The van der Waals surface area contributed by atoms with Crippen LogP contribution in [0.25, 0.3) is 0 Å². The van der Waals surface area contributed by atoms with Gasteiger partial charge in [-0.1, -0.05) is 17.7 Å². The molecule has 0 aliphatic rings. The van der Waals surface area contributed by atoms with Crippen LogP contribution in [0.4, 0.5) is 4.79 Å². The normalized spacial score (nSPS) is 11.3. The number of carbonyl (C=O) groups excluding carboxylic acids is 1. The molecule has 0 spiro atoms. The summed E-state index contributed by atoms with van der Waals surface area (Å²) in [6, 6.07) is 5.99. The first kappa shape index (κ1) is 14.5. The van der Waals surface area contributed by atoms with E-state index in [9.17, 15) is 13.2 Å². The first-order valence-electron chi connectivity index (χ1n) is 5.65. The van der Waals surface area contributed by atoms with Crippen molar-refractivity contribution in [3.63, 3.8) is 0 Å². The molecule has 0 radical (unpaired) electrons. The molecular weight excluding hydrogens is 252 g/mol. The number of carbonyl (C=O) groups is 1. The second kappa shape index (κ2) is 5.86. The third kappa shape index (κ3) is 4.37. The van der Waals surface area contributed by atoms with E-state index in [4.69, 9.17) is 0 Å². The summed E-state index contributed by atoms with van der Waals surface area (Å²) in [6.45, 7) is 5.48. The van der Waals surface area contributed by atoms with Crippen LogP contribution in [0.15, 0.2) is 29.2 Å². The van der Waals surface area contributed by atoms with Gasteiger partial charge in [0.2, 0.25) is 0 Å². The molecule has 6 heteroatoms. The fraction of sp³-hybridized carbons (Fsp3) is 0.417. The molecule has 1 aromatic rings. The zero-order valence-corrected chi connectivity index (χ0v) is 11.5. The van der Waals surface area contributed by atoms with Gasteiger partial charge in [0.25, 0.3) is 0 Å². The van der Waals surface area contributed by atoms with Crippen molar-refractivity contribution in [3.8, 4) is 0 Å². The summed E-state index contributed by atoms with van der Waals surface area (Å²) in [5.74, 6) is -0.408. The summed E-state index contributed by atoms with van der Waals surface area (Å²) in [5, 5.41) is 4.89. The van der Waals surface area contributed by atoms with Crippen molar-refractivity contribution in [2.24, 2.45) is 0 Å². The summed E-state index contributed by atoms with van der Waals surface area (Å²) in [7, 11) is -3.48. The van der Waals surface area contributed by atoms with E-state index in [0.717, 1.165) is 5.56 Å². The summed E-state index contributed by atoms with van der Waals surface area (Å²) >= 11 is 0. The fourth-order valence-corrected chi connectivity index (χ4v) is 2.34. The minimum atomic E-state index is -3.48. The van der Waals surface area contributed by atoms with Crippen LogP contribution in [0.2, 0.25) is 0 Å². The van der Waals surface area contributed by atoms with Crippen LogP contribution >= 0.6 is 0 Å². The highest BCUT2D eigenvalue weighted by Crippen LogP contribution is 2.10. The quantitative estimate of drug-likeness (QED) is 0.869. The number of rotatable bonds is 4. The lowest BCUT2D eigenvalue weighted by Gasteiger charge is -2.10. The Morgan fingerprint density at radius 1 is 1.22 bits per heavy atom. The van der Waals surface area contributed by atoms with E-state index in [1.807, 2.05) is 6.92 Å². The maximum absolute atomic E-state index is 11.9. The van der Waals surface area contributed by atoms with Crippen molar-refractivity contribution in [2.45, 2.75) is 31.7 Å². The number of nitrogens with one attached hydrogen (secondary N) is 2. The third-order valence-corrected chi connectivity index (χ3v) is 3.74.